The summed E-state index contributed by atoms with van der Waals surface area (Å²) in [4.78, 5) is 10.9. The van der Waals surface area contributed by atoms with Crippen LogP contribution in [-0.4, -0.2) is 46.2 Å². The number of hydrogen-bond donors (Lipinski definition) is 2. The van der Waals surface area contributed by atoms with E-state index in [9.17, 15) is 4.79 Å². The molecule has 3 nitrogen and oxygen atoms in total. The molecule has 0 bridgehead atoms. The van der Waals surface area contributed by atoms with Gasteiger partial charge in [-0.1, -0.05) is 13.8 Å². The Kier molecular flexibility index (Phi) is 7.39. The molecule has 0 amide bonds. The van der Waals surface area contributed by atoms with E-state index in [-0.39, 0.29) is 12.5 Å². The minimum absolute atomic E-state index is 0.122. The van der Waals surface area contributed by atoms with Crippen LogP contribution in [0, 0.1) is 5.92 Å². The fourth-order valence-electron chi connectivity index (χ4n) is 2.04. The van der Waals surface area contributed by atoms with E-state index in [0.717, 1.165) is 17.9 Å². The third kappa shape index (κ3) is 7.21. The molecule has 100 valence electrons. The number of thioether (sulfide) groups is 2. The summed E-state index contributed by atoms with van der Waals surface area (Å²) in [5.74, 6) is 4.50. The van der Waals surface area contributed by atoms with Crippen molar-refractivity contribution in [3.8, 4) is 0 Å². The van der Waals surface area contributed by atoms with Crippen LogP contribution in [0.2, 0.25) is 0 Å². The Balaban J connectivity index is 2.42. The van der Waals surface area contributed by atoms with Crippen LogP contribution >= 0.6 is 23.5 Å². The van der Waals surface area contributed by atoms with Gasteiger partial charge < -0.3 is 10.4 Å². The average Bonchev–Trinajstić information content (AvgIpc) is 2.44. The predicted octanol–water partition coefficient (Wildman–Crippen LogP) is 2.31. The summed E-state index contributed by atoms with van der Waals surface area (Å²) >= 11 is 3.95. The van der Waals surface area contributed by atoms with Gasteiger partial charge in [0.1, 0.15) is 0 Å². The van der Waals surface area contributed by atoms with Gasteiger partial charge in [0, 0.05) is 35.1 Å². The molecule has 1 saturated heterocycles. The van der Waals surface area contributed by atoms with E-state index >= 15 is 0 Å². The van der Waals surface area contributed by atoms with Gasteiger partial charge in [0.15, 0.2) is 0 Å². The molecule has 0 aromatic carbocycles. The maximum atomic E-state index is 10.9. The minimum atomic E-state index is -0.697. The summed E-state index contributed by atoms with van der Waals surface area (Å²) < 4.78 is 0. The smallest absolute Gasteiger partial charge is 0.304 e. The van der Waals surface area contributed by atoms with E-state index in [1.165, 1.54) is 11.5 Å². The van der Waals surface area contributed by atoms with Crippen LogP contribution < -0.4 is 5.32 Å². The van der Waals surface area contributed by atoms with Crippen molar-refractivity contribution in [2.45, 2.75) is 38.8 Å². The second-order valence-corrected chi connectivity index (χ2v) is 7.24. The lowest BCUT2D eigenvalue weighted by Gasteiger charge is -2.24. The quantitative estimate of drug-likeness (QED) is 0.780. The Labute approximate surface area is 112 Å². The molecular weight excluding hydrogens is 254 g/mol. The fraction of sp³-hybridized carbons (Fsp3) is 0.917. The first-order chi connectivity index (χ1) is 8.08. The van der Waals surface area contributed by atoms with E-state index < -0.39 is 5.97 Å². The zero-order valence-electron chi connectivity index (χ0n) is 10.6. The molecule has 0 radical (unpaired) electrons. The number of carboxylic acids is 1. The summed E-state index contributed by atoms with van der Waals surface area (Å²) in [6.45, 7) is 4.29. The van der Waals surface area contributed by atoms with Gasteiger partial charge in [-0.15, -0.1) is 0 Å². The molecule has 17 heavy (non-hydrogen) atoms. The number of aliphatic carboxylic acids is 1. The van der Waals surface area contributed by atoms with Crippen LogP contribution in [0.1, 0.15) is 26.7 Å². The second kappa shape index (κ2) is 8.27. The third-order valence-corrected chi connectivity index (χ3v) is 5.18. The largest absolute Gasteiger partial charge is 0.481 e. The maximum absolute atomic E-state index is 10.9. The highest BCUT2D eigenvalue weighted by Crippen LogP contribution is 2.18. The van der Waals surface area contributed by atoms with E-state index in [1.807, 2.05) is 23.5 Å². The molecule has 5 heteroatoms. The molecule has 1 rings (SSSR count). The van der Waals surface area contributed by atoms with Crippen molar-refractivity contribution in [1.29, 1.82) is 0 Å². The molecule has 0 unspecified atom stereocenters. The normalized spacial score (nSPS) is 20.2. The highest BCUT2D eigenvalue weighted by atomic mass is 32.2. The Bertz CT molecular complexity index is 229. The van der Waals surface area contributed by atoms with Crippen molar-refractivity contribution < 1.29 is 9.90 Å². The molecule has 1 aliphatic rings. The Morgan fingerprint density at radius 3 is 2.41 bits per heavy atom. The van der Waals surface area contributed by atoms with Crippen molar-refractivity contribution in [3.05, 3.63) is 0 Å². The van der Waals surface area contributed by atoms with Crippen LogP contribution in [0.5, 0.6) is 0 Å². The lowest BCUT2D eigenvalue weighted by Crippen LogP contribution is -2.43. The first kappa shape index (κ1) is 15.2. The standard InChI is InChI=1S/C12H23NO2S2/c1-9(2)5-10(6-12(14)15)13-11-7-16-3-4-17-8-11/h9-11,13H,3-8H2,1-2H3,(H,14,15)/t10-/m1/s1. The minimum Gasteiger partial charge on any atom is -0.481 e. The van der Waals surface area contributed by atoms with Crippen LogP contribution in [0.25, 0.3) is 0 Å². The van der Waals surface area contributed by atoms with E-state index in [1.54, 1.807) is 0 Å². The van der Waals surface area contributed by atoms with Crippen molar-refractivity contribution in [2.24, 2.45) is 5.92 Å². The van der Waals surface area contributed by atoms with Crippen molar-refractivity contribution in [2.75, 3.05) is 23.0 Å². The fourth-order valence-corrected chi connectivity index (χ4v) is 4.46. The van der Waals surface area contributed by atoms with Crippen molar-refractivity contribution >= 4 is 29.5 Å². The summed E-state index contributed by atoms with van der Waals surface area (Å²) in [6.07, 6.45) is 1.18. The first-order valence-corrected chi connectivity index (χ1v) is 8.52. The molecular formula is C12H23NO2S2. The molecule has 1 aliphatic heterocycles. The zero-order valence-corrected chi connectivity index (χ0v) is 12.3. The molecule has 1 heterocycles. The van der Waals surface area contributed by atoms with Crippen LogP contribution in [0.3, 0.4) is 0 Å². The van der Waals surface area contributed by atoms with Gasteiger partial charge in [-0.2, -0.15) is 23.5 Å². The van der Waals surface area contributed by atoms with E-state index in [0.29, 0.717) is 12.0 Å². The van der Waals surface area contributed by atoms with Gasteiger partial charge in [-0.05, 0) is 12.3 Å². The van der Waals surface area contributed by atoms with Crippen LogP contribution in [0.15, 0.2) is 0 Å². The summed E-state index contributed by atoms with van der Waals surface area (Å²) in [5.41, 5.74) is 0. The second-order valence-electron chi connectivity index (χ2n) is 4.94. The number of rotatable bonds is 6. The van der Waals surface area contributed by atoms with Gasteiger partial charge >= 0.3 is 5.97 Å². The molecule has 0 aliphatic carbocycles. The Morgan fingerprint density at radius 1 is 1.35 bits per heavy atom. The monoisotopic (exact) mass is 277 g/mol. The average molecular weight is 277 g/mol. The molecule has 0 spiro atoms. The molecule has 0 aromatic rings. The van der Waals surface area contributed by atoms with Crippen molar-refractivity contribution in [3.63, 3.8) is 0 Å². The first-order valence-electron chi connectivity index (χ1n) is 6.21. The SMILES string of the molecule is CC(C)C[C@H](CC(=O)O)NC1CSCCSC1. The van der Waals surface area contributed by atoms with Gasteiger partial charge in [-0.3, -0.25) is 4.79 Å². The zero-order chi connectivity index (χ0) is 12.7. The Morgan fingerprint density at radius 2 is 1.94 bits per heavy atom. The number of carboxylic acid groups (broad SMARTS) is 1. The summed E-state index contributed by atoms with van der Waals surface area (Å²) in [5, 5.41) is 12.5. The highest BCUT2D eigenvalue weighted by molar-refractivity contribution is 8.03. The highest BCUT2D eigenvalue weighted by Gasteiger charge is 2.20. The predicted molar refractivity (Wildman–Crippen MR) is 77.1 cm³/mol. The van der Waals surface area contributed by atoms with Crippen molar-refractivity contribution in [1.82, 2.24) is 5.32 Å². The summed E-state index contributed by atoms with van der Waals surface area (Å²) in [6, 6.07) is 0.590. The third-order valence-electron chi connectivity index (χ3n) is 2.66. The van der Waals surface area contributed by atoms with Gasteiger partial charge in [0.05, 0.1) is 6.42 Å². The van der Waals surface area contributed by atoms with E-state index in [4.69, 9.17) is 5.11 Å². The number of carbonyl (C=O) groups is 1. The molecule has 0 aromatic heterocycles. The van der Waals surface area contributed by atoms with Gasteiger partial charge in [0.2, 0.25) is 0 Å². The van der Waals surface area contributed by atoms with Crippen LogP contribution in [0.4, 0.5) is 0 Å². The number of hydrogen-bond acceptors (Lipinski definition) is 4. The lowest BCUT2D eigenvalue weighted by molar-refractivity contribution is -0.137. The Hall–Kier alpha value is 0.130. The summed E-state index contributed by atoms with van der Waals surface area (Å²) in [7, 11) is 0. The maximum Gasteiger partial charge on any atom is 0.304 e. The molecule has 2 N–H and O–H groups in total. The molecule has 0 saturated carbocycles. The number of nitrogens with one attached hydrogen (secondary N) is 1. The lowest BCUT2D eigenvalue weighted by atomic mass is 10.0. The van der Waals surface area contributed by atoms with Gasteiger partial charge in [0.25, 0.3) is 0 Å². The molecule has 1 fully saturated rings. The van der Waals surface area contributed by atoms with Crippen LogP contribution in [-0.2, 0) is 4.79 Å². The van der Waals surface area contributed by atoms with Gasteiger partial charge in [-0.25, -0.2) is 0 Å². The molecule has 1 atom stereocenters. The topological polar surface area (TPSA) is 49.3 Å². The van der Waals surface area contributed by atoms with E-state index in [2.05, 4.69) is 19.2 Å².